The Morgan fingerprint density at radius 3 is 2.33 bits per heavy atom. The fourth-order valence-corrected chi connectivity index (χ4v) is 1.58. The van der Waals surface area contributed by atoms with E-state index in [1.807, 2.05) is 0 Å². The van der Waals surface area contributed by atoms with Crippen molar-refractivity contribution in [2.24, 2.45) is 0 Å². The zero-order chi connectivity index (χ0) is 13.0. The SMILES string of the molecule is O=S(=O)(F)Oc1cccc(Oc2ccncc2)c1. The summed E-state index contributed by atoms with van der Waals surface area (Å²) in [6, 6.07) is 8.88. The van der Waals surface area contributed by atoms with Gasteiger partial charge in [0.25, 0.3) is 0 Å². The second-order valence-corrected chi connectivity index (χ2v) is 4.19. The van der Waals surface area contributed by atoms with Crippen LogP contribution in [0.3, 0.4) is 0 Å². The summed E-state index contributed by atoms with van der Waals surface area (Å²) in [6.07, 6.45) is 3.09. The molecular weight excluding hydrogens is 261 g/mol. The van der Waals surface area contributed by atoms with Crippen molar-refractivity contribution < 1.29 is 21.2 Å². The van der Waals surface area contributed by atoms with Crippen molar-refractivity contribution in [2.45, 2.75) is 0 Å². The first kappa shape index (κ1) is 12.3. The van der Waals surface area contributed by atoms with Crippen LogP contribution < -0.4 is 8.92 Å². The Bertz CT molecular complexity index is 631. The molecule has 2 rings (SSSR count). The summed E-state index contributed by atoms with van der Waals surface area (Å²) in [4.78, 5) is 3.82. The number of hydrogen-bond acceptors (Lipinski definition) is 5. The maximum atomic E-state index is 12.3. The van der Waals surface area contributed by atoms with E-state index in [9.17, 15) is 12.3 Å². The van der Waals surface area contributed by atoms with Crippen LogP contribution in [0.25, 0.3) is 0 Å². The summed E-state index contributed by atoms with van der Waals surface area (Å²) in [7, 11) is -5.03. The highest BCUT2D eigenvalue weighted by Crippen LogP contribution is 2.25. The molecule has 0 N–H and O–H groups in total. The van der Waals surface area contributed by atoms with E-state index in [1.54, 1.807) is 30.6 Å². The Hall–Kier alpha value is -2.15. The Balaban J connectivity index is 2.18. The summed E-state index contributed by atoms with van der Waals surface area (Å²) < 4.78 is 42.5. The maximum Gasteiger partial charge on any atom is 0.488 e. The van der Waals surface area contributed by atoms with E-state index >= 15 is 0 Å². The predicted octanol–water partition coefficient (Wildman–Crippen LogP) is 2.47. The molecule has 0 saturated carbocycles. The van der Waals surface area contributed by atoms with E-state index in [0.29, 0.717) is 11.5 Å². The second kappa shape index (κ2) is 5.01. The van der Waals surface area contributed by atoms with Crippen molar-refractivity contribution >= 4 is 10.5 Å². The Morgan fingerprint density at radius 2 is 1.67 bits per heavy atom. The topological polar surface area (TPSA) is 65.5 Å². The normalized spacial score (nSPS) is 10.9. The first-order valence-corrected chi connectivity index (χ1v) is 6.16. The molecule has 0 fully saturated rings. The molecule has 2 aromatic rings. The molecule has 0 amide bonds. The van der Waals surface area contributed by atoms with E-state index < -0.39 is 10.5 Å². The van der Waals surface area contributed by atoms with Gasteiger partial charge in [-0.1, -0.05) is 9.95 Å². The van der Waals surface area contributed by atoms with Gasteiger partial charge >= 0.3 is 10.5 Å². The highest BCUT2D eigenvalue weighted by molar-refractivity contribution is 7.81. The van der Waals surface area contributed by atoms with Crippen molar-refractivity contribution in [1.82, 2.24) is 4.98 Å². The lowest BCUT2D eigenvalue weighted by molar-refractivity contribution is 0.436. The van der Waals surface area contributed by atoms with Crippen LogP contribution in [0.2, 0.25) is 0 Å². The van der Waals surface area contributed by atoms with E-state index in [0.717, 1.165) is 0 Å². The van der Waals surface area contributed by atoms with Crippen molar-refractivity contribution in [3.8, 4) is 17.2 Å². The summed E-state index contributed by atoms with van der Waals surface area (Å²) in [6.45, 7) is 0. The number of nitrogens with zero attached hydrogens (tertiary/aromatic N) is 1. The molecule has 5 nitrogen and oxygen atoms in total. The van der Waals surface area contributed by atoms with Crippen LogP contribution >= 0.6 is 0 Å². The molecule has 0 saturated heterocycles. The van der Waals surface area contributed by atoms with Crippen LogP contribution in [0.4, 0.5) is 3.89 Å². The quantitative estimate of drug-likeness (QED) is 0.798. The van der Waals surface area contributed by atoms with Gasteiger partial charge in [0, 0.05) is 18.5 Å². The molecule has 18 heavy (non-hydrogen) atoms. The molecule has 0 bridgehead atoms. The molecule has 0 spiro atoms. The molecule has 1 aromatic heterocycles. The Kier molecular flexibility index (Phi) is 3.42. The first-order chi connectivity index (χ1) is 8.53. The maximum absolute atomic E-state index is 12.3. The lowest BCUT2D eigenvalue weighted by atomic mass is 10.3. The summed E-state index contributed by atoms with van der Waals surface area (Å²) in [5.74, 6) is 0.677. The van der Waals surface area contributed by atoms with Crippen molar-refractivity contribution in [2.75, 3.05) is 0 Å². The molecule has 0 atom stereocenters. The number of hydrogen-bond donors (Lipinski definition) is 0. The van der Waals surface area contributed by atoms with E-state index in [-0.39, 0.29) is 5.75 Å². The number of halogens is 1. The van der Waals surface area contributed by atoms with Crippen molar-refractivity contribution in [3.63, 3.8) is 0 Å². The number of rotatable bonds is 4. The number of aromatic nitrogens is 1. The zero-order valence-corrected chi connectivity index (χ0v) is 9.80. The minimum atomic E-state index is -5.03. The van der Waals surface area contributed by atoms with Crippen LogP contribution in [-0.4, -0.2) is 13.4 Å². The molecule has 0 unspecified atom stereocenters. The zero-order valence-electron chi connectivity index (χ0n) is 8.99. The van der Waals surface area contributed by atoms with Gasteiger partial charge in [-0.3, -0.25) is 4.98 Å². The highest BCUT2D eigenvalue weighted by atomic mass is 32.3. The minimum Gasteiger partial charge on any atom is -0.457 e. The van der Waals surface area contributed by atoms with Crippen LogP contribution in [-0.2, 0) is 10.5 Å². The van der Waals surface area contributed by atoms with Gasteiger partial charge in [0.1, 0.15) is 17.2 Å². The highest BCUT2D eigenvalue weighted by Gasteiger charge is 2.10. The molecule has 1 heterocycles. The minimum absolute atomic E-state index is 0.163. The number of ether oxygens (including phenoxy) is 1. The molecule has 0 aliphatic heterocycles. The molecule has 0 aliphatic carbocycles. The molecule has 0 radical (unpaired) electrons. The lowest BCUT2D eigenvalue weighted by Gasteiger charge is -2.06. The number of benzene rings is 1. The molecular formula is C11H8FNO4S. The van der Waals surface area contributed by atoms with Crippen LogP contribution in [0.15, 0.2) is 48.8 Å². The summed E-state index contributed by atoms with van der Waals surface area (Å²) in [5, 5.41) is 0. The summed E-state index contributed by atoms with van der Waals surface area (Å²) >= 11 is 0. The second-order valence-electron chi connectivity index (χ2n) is 3.24. The average molecular weight is 269 g/mol. The van der Waals surface area contributed by atoms with Crippen LogP contribution in [0, 0.1) is 0 Å². The van der Waals surface area contributed by atoms with Crippen LogP contribution in [0.1, 0.15) is 0 Å². The number of pyridine rings is 1. The molecule has 0 aliphatic rings. The Morgan fingerprint density at radius 1 is 1.00 bits per heavy atom. The standard InChI is InChI=1S/C11H8FNO4S/c12-18(14,15)17-11-3-1-2-10(8-11)16-9-4-6-13-7-5-9/h1-8H. The van der Waals surface area contributed by atoms with Gasteiger partial charge in [0.2, 0.25) is 0 Å². The molecule has 94 valence electrons. The third kappa shape index (κ3) is 3.70. The van der Waals surface area contributed by atoms with Gasteiger partial charge in [-0.2, -0.15) is 8.42 Å². The largest absolute Gasteiger partial charge is 0.488 e. The Labute approximate surface area is 103 Å². The van der Waals surface area contributed by atoms with Gasteiger partial charge < -0.3 is 8.92 Å². The molecule has 7 heteroatoms. The van der Waals surface area contributed by atoms with Gasteiger partial charge in [0.15, 0.2) is 0 Å². The van der Waals surface area contributed by atoms with Gasteiger partial charge in [0.05, 0.1) is 0 Å². The third-order valence-corrected chi connectivity index (χ3v) is 2.28. The average Bonchev–Trinajstić information content (AvgIpc) is 2.28. The summed E-state index contributed by atoms with van der Waals surface area (Å²) in [5.41, 5.74) is 0. The molecule has 1 aromatic carbocycles. The third-order valence-electron chi connectivity index (χ3n) is 1.89. The first-order valence-electron chi connectivity index (χ1n) is 4.85. The van der Waals surface area contributed by atoms with E-state index in [4.69, 9.17) is 4.74 Å². The van der Waals surface area contributed by atoms with Crippen LogP contribution in [0.5, 0.6) is 17.2 Å². The smallest absolute Gasteiger partial charge is 0.457 e. The van der Waals surface area contributed by atoms with Gasteiger partial charge in [-0.15, -0.1) is 0 Å². The van der Waals surface area contributed by atoms with E-state index in [2.05, 4.69) is 9.17 Å². The van der Waals surface area contributed by atoms with Gasteiger partial charge in [-0.25, -0.2) is 0 Å². The van der Waals surface area contributed by atoms with Gasteiger partial charge in [-0.05, 0) is 24.3 Å². The van der Waals surface area contributed by atoms with Crippen molar-refractivity contribution in [3.05, 3.63) is 48.8 Å². The fourth-order valence-electron chi connectivity index (χ4n) is 1.25. The fraction of sp³-hybridized carbons (Fsp3) is 0. The van der Waals surface area contributed by atoms with Crippen molar-refractivity contribution in [1.29, 1.82) is 0 Å². The lowest BCUT2D eigenvalue weighted by Crippen LogP contribution is -2.01. The van der Waals surface area contributed by atoms with E-state index in [1.165, 1.54) is 18.2 Å². The predicted molar refractivity (Wildman–Crippen MR) is 61.4 cm³/mol. The monoisotopic (exact) mass is 269 g/mol.